The van der Waals surface area contributed by atoms with E-state index in [1.54, 1.807) is 7.05 Å². The highest BCUT2D eigenvalue weighted by molar-refractivity contribution is 5.76. The van der Waals surface area contributed by atoms with Crippen LogP contribution in [0, 0.1) is 4.91 Å². The Morgan fingerprint density at radius 1 is 1.17 bits per heavy atom. The van der Waals surface area contributed by atoms with Gasteiger partial charge in [0.05, 0.1) is 11.0 Å². The first-order valence-electron chi connectivity index (χ1n) is 5.36. The predicted octanol–water partition coefficient (Wildman–Crippen LogP) is 0.573. The molecular formula is C11H17N5O2. The van der Waals surface area contributed by atoms with Gasteiger partial charge in [-0.15, -0.1) is 4.91 Å². The molecule has 18 heavy (non-hydrogen) atoms. The molecule has 1 rings (SSSR count). The van der Waals surface area contributed by atoms with Gasteiger partial charge in [-0.05, 0) is 24.3 Å². The Balaban J connectivity index is 2.84. The molecule has 0 radical (unpaired) electrons. The highest BCUT2D eigenvalue weighted by Gasteiger charge is 2.13. The number of primary amides is 1. The number of anilines is 2. The summed E-state index contributed by atoms with van der Waals surface area (Å²) in [5.41, 5.74) is 6.81. The van der Waals surface area contributed by atoms with E-state index in [4.69, 9.17) is 5.73 Å². The van der Waals surface area contributed by atoms with Crippen LogP contribution in [0.3, 0.4) is 0 Å². The molecule has 0 fully saturated rings. The van der Waals surface area contributed by atoms with Crippen molar-refractivity contribution in [3.63, 3.8) is 0 Å². The summed E-state index contributed by atoms with van der Waals surface area (Å²) in [6.45, 7) is -0.255. The molecule has 2 N–H and O–H groups in total. The van der Waals surface area contributed by atoms with E-state index in [1.807, 2.05) is 43.3 Å². The lowest BCUT2D eigenvalue weighted by Crippen LogP contribution is -2.41. The monoisotopic (exact) mass is 251 g/mol. The number of amides is 1. The summed E-state index contributed by atoms with van der Waals surface area (Å²) in [6, 6.07) is 7.46. The second-order valence-electron chi connectivity index (χ2n) is 4.01. The Morgan fingerprint density at radius 2 is 1.67 bits per heavy atom. The van der Waals surface area contributed by atoms with Gasteiger partial charge in [0.25, 0.3) is 0 Å². The lowest BCUT2D eigenvalue weighted by atomic mass is 10.2. The average Bonchev–Trinajstić information content (AvgIpc) is 2.35. The van der Waals surface area contributed by atoms with Crippen molar-refractivity contribution in [1.82, 2.24) is 5.12 Å². The number of nitroso groups, excluding NO2 is 1. The molecule has 1 amide bonds. The Labute approximate surface area is 106 Å². The molecule has 0 aliphatic rings. The summed E-state index contributed by atoms with van der Waals surface area (Å²) in [5, 5.41) is 5.19. The van der Waals surface area contributed by atoms with Crippen LogP contribution in [0.15, 0.2) is 29.6 Å². The minimum absolute atomic E-state index is 0.255. The van der Waals surface area contributed by atoms with Gasteiger partial charge in [0.1, 0.15) is 6.54 Å². The fourth-order valence-electron chi connectivity index (χ4n) is 1.43. The van der Waals surface area contributed by atoms with E-state index < -0.39 is 5.91 Å². The zero-order valence-electron chi connectivity index (χ0n) is 10.7. The first kappa shape index (κ1) is 13.8. The minimum atomic E-state index is -0.619. The van der Waals surface area contributed by atoms with Crippen molar-refractivity contribution in [2.45, 2.75) is 0 Å². The second kappa shape index (κ2) is 5.85. The van der Waals surface area contributed by atoms with Crippen molar-refractivity contribution < 1.29 is 4.79 Å². The number of carbonyl (C=O) groups excluding carboxylic acids is 1. The van der Waals surface area contributed by atoms with Crippen molar-refractivity contribution in [3.05, 3.63) is 29.2 Å². The molecule has 0 bridgehead atoms. The van der Waals surface area contributed by atoms with Gasteiger partial charge in [0.15, 0.2) is 0 Å². The standard InChI is InChI=1S/C11H17N5O2/c1-14(2)9-4-6-10(7-5-9)15(3)16(13-18)8-11(12)17/h4-7H,8H2,1-3H3,(H2,12,17). The van der Waals surface area contributed by atoms with E-state index in [0.717, 1.165) is 16.5 Å². The Morgan fingerprint density at radius 3 is 2.06 bits per heavy atom. The van der Waals surface area contributed by atoms with E-state index >= 15 is 0 Å². The number of benzene rings is 1. The molecule has 0 aromatic heterocycles. The highest BCUT2D eigenvalue weighted by Crippen LogP contribution is 2.19. The van der Waals surface area contributed by atoms with Gasteiger partial charge in [-0.3, -0.25) is 9.80 Å². The molecule has 0 spiro atoms. The Hall–Kier alpha value is -2.31. The van der Waals surface area contributed by atoms with E-state index in [0.29, 0.717) is 0 Å². The minimum Gasteiger partial charge on any atom is -0.378 e. The number of hydrogen-bond donors (Lipinski definition) is 1. The molecule has 98 valence electrons. The third-order valence-corrected chi connectivity index (χ3v) is 2.48. The summed E-state index contributed by atoms with van der Waals surface area (Å²) >= 11 is 0. The molecule has 0 unspecified atom stereocenters. The highest BCUT2D eigenvalue weighted by atomic mass is 16.3. The van der Waals surface area contributed by atoms with E-state index in [9.17, 15) is 9.70 Å². The van der Waals surface area contributed by atoms with Crippen LogP contribution in [-0.4, -0.2) is 38.7 Å². The molecule has 7 nitrogen and oxygen atoms in total. The molecule has 1 aromatic rings. The van der Waals surface area contributed by atoms with Crippen LogP contribution in [0.25, 0.3) is 0 Å². The molecule has 0 aliphatic heterocycles. The Bertz CT molecular complexity index is 418. The number of hydrogen-bond acceptors (Lipinski definition) is 5. The van der Waals surface area contributed by atoms with Crippen molar-refractivity contribution in [3.8, 4) is 0 Å². The van der Waals surface area contributed by atoms with Crippen LogP contribution in [0.1, 0.15) is 0 Å². The molecular weight excluding hydrogens is 234 g/mol. The van der Waals surface area contributed by atoms with Gasteiger partial charge >= 0.3 is 0 Å². The number of rotatable bonds is 6. The first-order chi connectivity index (χ1) is 8.45. The van der Waals surface area contributed by atoms with Crippen LogP contribution in [0.4, 0.5) is 11.4 Å². The largest absolute Gasteiger partial charge is 0.378 e. The maximum absolute atomic E-state index is 10.8. The van der Waals surface area contributed by atoms with Gasteiger partial charge in [-0.1, -0.05) is 0 Å². The summed E-state index contributed by atoms with van der Waals surface area (Å²) in [7, 11) is 5.51. The smallest absolute Gasteiger partial charge is 0.241 e. The number of hydrazine groups is 1. The molecule has 0 aliphatic carbocycles. The molecule has 0 saturated carbocycles. The lowest BCUT2D eigenvalue weighted by molar-refractivity contribution is -0.119. The SMILES string of the molecule is CN(C)c1ccc(N(C)N(CC(N)=O)N=O)cc1. The molecule has 1 aromatic carbocycles. The molecule has 7 heteroatoms. The van der Waals surface area contributed by atoms with Gasteiger partial charge in [-0.25, -0.2) is 0 Å². The van der Waals surface area contributed by atoms with Crippen molar-refractivity contribution in [2.24, 2.45) is 11.0 Å². The number of nitrogens with two attached hydrogens (primary N) is 1. The van der Waals surface area contributed by atoms with Crippen LogP contribution in [0.5, 0.6) is 0 Å². The molecule has 0 heterocycles. The fraction of sp³-hybridized carbons (Fsp3) is 0.364. The lowest BCUT2D eigenvalue weighted by Gasteiger charge is -2.27. The number of nitrogens with zero attached hydrogens (tertiary/aromatic N) is 4. The quantitative estimate of drug-likeness (QED) is 0.590. The van der Waals surface area contributed by atoms with Crippen molar-refractivity contribution >= 4 is 17.3 Å². The van der Waals surface area contributed by atoms with E-state index in [-0.39, 0.29) is 6.54 Å². The molecule has 0 saturated heterocycles. The second-order valence-corrected chi connectivity index (χ2v) is 4.01. The number of carbonyl (C=O) groups is 1. The van der Waals surface area contributed by atoms with Crippen molar-refractivity contribution in [2.75, 3.05) is 37.6 Å². The normalized spacial score (nSPS) is 9.72. The topological polar surface area (TPSA) is 82.2 Å². The van der Waals surface area contributed by atoms with Gasteiger partial charge in [0, 0.05) is 26.8 Å². The van der Waals surface area contributed by atoms with E-state index in [1.165, 1.54) is 5.01 Å². The van der Waals surface area contributed by atoms with Crippen molar-refractivity contribution in [1.29, 1.82) is 0 Å². The van der Waals surface area contributed by atoms with Gasteiger partial charge in [-0.2, -0.15) is 5.12 Å². The maximum Gasteiger partial charge on any atom is 0.241 e. The summed E-state index contributed by atoms with van der Waals surface area (Å²) in [6.07, 6.45) is 0. The molecule has 0 atom stereocenters. The Kier molecular flexibility index (Phi) is 4.47. The van der Waals surface area contributed by atoms with Crippen LogP contribution in [-0.2, 0) is 4.79 Å². The van der Waals surface area contributed by atoms with Crippen LogP contribution < -0.4 is 15.6 Å². The summed E-state index contributed by atoms with van der Waals surface area (Å²) < 4.78 is 0. The fourth-order valence-corrected chi connectivity index (χ4v) is 1.43. The van der Waals surface area contributed by atoms with Crippen LogP contribution >= 0.6 is 0 Å². The van der Waals surface area contributed by atoms with Crippen LogP contribution in [0.2, 0.25) is 0 Å². The van der Waals surface area contributed by atoms with E-state index in [2.05, 4.69) is 5.29 Å². The predicted molar refractivity (Wildman–Crippen MR) is 70.9 cm³/mol. The van der Waals surface area contributed by atoms with Gasteiger partial charge in [0.2, 0.25) is 5.91 Å². The summed E-state index contributed by atoms with van der Waals surface area (Å²) in [4.78, 5) is 23.4. The summed E-state index contributed by atoms with van der Waals surface area (Å²) in [5.74, 6) is -0.619. The zero-order valence-corrected chi connectivity index (χ0v) is 10.7. The third-order valence-electron chi connectivity index (χ3n) is 2.48. The van der Waals surface area contributed by atoms with Gasteiger partial charge < -0.3 is 10.6 Å². The third kappa shape index (κ3) is 3.34. The first-order valence-corrected chi connectivity index (χ1v) is 5.36. The average molecular weight is 251 g/mol. The maximum atomic E-state index is 10.8. The zero-order chi connectivity index (χ0) is 13.7.